The zero-order valence-corrected chi connectivity index (χ0v) is 13.9. The molecule has 2 aliphatic rings. The van der Waals surface area contributed by atoms with Gasteiger partial charge in [-0.2, -0.15) is 0 Å². The van der Waals surface area contributed by atoms with E-state index in [1.807, 2.05) is 16.5 Å². The molecule has 0 aromatic carbocycles. The molecule has 0 unspecified atom stereocenters. The van der Waals surface area contributed by atoms with Gasteiger partial charge >= 0.3 is 0 Å². The summed E-state index contributed by atoms with van der Waals surface area (Å²) in [5.74, 6) is 1.02. The van der Waals surface area contributed by atoms with E-state index in [4.69, 9.17) is 0 Å². The second kappa shape index (κ2) is 6.30. The highest BCUT2D eigenvalue weighted by molar-refractivity contribution is 5.92. The maximum absolute atomic E-state index is 12.6. The Morgan fingerprint density at radius 1 is 1.25 bits per heavy atom. The first-order chi connectivity index (χ1) is 11.7. The van der Waals surface area contributed by atoms with Gasteiger partial charge in [-0.3, -0.25) is 14.5 Å². The van der Waals surface area contributed by atoms with Gasteiger partial charge in [-0.25, -0.2) is 4.98 Å². The van der Waals surface area contributed by atoms with E-state index < -0.39 is 0 Å². The van der Waals surface area contributed by atoms with Crippen LogP contribution < -0.4 is 0 Å². The van der Waals surface area contributed by atoms with Gasteiger partial charge in [-0.05, 0) is 38.5 Å². The van der Waals surface area contributed by atoms with Crippen LogP contribution in [0.1, 0.15) is 53.5 Å². The molecule has 0 spiro atoms. The topological polar surface area (TPSA) is 76.8 Å². The molecular weight excluding hydrogens is 304 g/mol. The molecule has 4 rings (SSSR count). The summed E-state index contributed by atoms with van der Waals surface area (Å²) in [7, 11) is 0. The standard InChI is InChI=1S/C17H22N6O/c1-12-7-19-15(8-18-12)17(24)22-6-2-3-13(9-22)10-23-11-16(20-21-23)14-4-5-14/h7-8,11,13-14H,2-6,9-10H2,1H3/t13-/m0/s1. The highest BCUT2D eigenvalue weighted by Gasteiger charge is 2.28. The van der Waals surface area contributed by atoms with E-state index in [1.165, 1.54) is 12.8 Å². The number of aryl methyl sites for hydroxylation is 1. The van der Waals surface area contributed by atoms with E-state index in [0.29, 0.717) is 17.5 Å². The Kier molecular flexibility index (Phi) is 4.00. The molecule has 1 atom stereocenters. The Hall–Kier alpha value is -2.31. The third-order valence-corrected chi connectivity index (χ3v) is 4.80. The average Bonchev–Trinajstić information content (AvgIpc) is 3.35. The molecule has 0 N–H and O–H groups in total. The molecule has 1 aliphatic carbocycles. The van der Waals surface area contributed by atoms with Crippen molar-refractivity contribution in [1.29, 1.82) is 0 Å². The fraction of sp³-hybridized carbons (Fsp3) is 0.588. The third-order valence-electron chi connectivity index (χ3n) is 4.80. The number of hydrogen-bond donors (Lipinski definition) is 0. The van der Waals surface area contributed by atoms with Gasteiger partial charge in [0.05, 0.1) is 17.6 Å². The first kappa shape index (κ1) is 15.2. The number of piperidine rings is 1. The van der Waals surface area contributed by atoms with Crippen LogP contribution in [-0.2, 0) is 6.54 Å². The molecule has 2 fully saturated rings. The lowest BCUT2D eigenvalue weighted by Gasteiger charge is -2.32. The molecule has 1 aliphatic heterocycles. The monoisotopic (exact) mass is 326 g/mol. The predicted octanol–water partition coefficient (Wildman–Crippen LogP) is 1.81. The fourth-order valence-corrected chi connectivity index (χ4v) is 3.30. The van der Waals surface area contributed by atoms with Crippen molar-refractivity contribution in [3.05, 3.63) is 35.7 Å². The highest BCUT2D eigenvalue weighted by Crippen LogP contribution is 2.38. The summed E-state index contributed by atoms with van der Waals surface area (Å²) in [4.78, 5) is 22.9. The lowest BCUT2D eigenvalue weighted by molar-refractivity contribution is 0.0653. The molecule has 7 heteroatoms. The van der Waals surface area contributed by atoms with Crippen LogP contribution in [0.25, 0.3) is 0 Å². The Morgan fingerprint density at radius 2 is 2.12 bits per heavy atom. The van der Waals surface area contributed by atoms with Gasteiger partial charge < -0.3 is 4.90 Å². The highest BCUT2D eigenvalue weighted by atomic mass is 16.2. The van der Waals surface area contributed by atoms with Crippen molar-refractivity contribution in [3.63, 3.8) is 0 Å². The number of aromatic nitrogens is 5. The zero-order valence-electron chi connectivity index (χ0n) is 13.9. The SMILES string of the molecule is Cc1cnc(C(=O)N2CCC[C@H](Cn3cc(C4CC4)nn3)C2)cn1. The smallest absolute Gasteiger partial charge is 0.274 e. The largest absolute Gasteiger partial charge is 0.337 e. The molecule has 0 radical (unpaired) electrons. The quantitative estimate of drug-likeness (QED) is 0.856. The molecular formula is C17H22N6O. The number of carbonyl (C=O) groups excluding carboxylic acids is 1. The van der Waals surface area contributed by atoms with Gasteiger partial charge in [0.2, 0.25) is 0 Å². The predicted molar refractivity (Wildman–Crippen MR) is 87.4 cm³/mol. The van der Waals surface area contributed by atoms with Crippen molar-refractivity contribution >= 4 is 5.91 Å². The lowest BCUT2D eigenvalue weighted by Crippen LogP contribution is -2.41. The van der Waals surface area contributed by atoms with Crippen LogP contribution in [0.3, 0.4) is 0 Å². The number of likely N-dealkylation sites (tertiary alicyclic amines) is 1. The van der Waals surface area contributed by atoms with Crippen LogP contribution in [0, 0.1) is 12.8 Å². The molecule has 7 nitrogen and oxygen atoms in total. The summed E-state index contributed by atoms with van der Waals surface area (Å²) >= 11 is 0. The maximum Gasteiger partial charge on any atom is 0.274 e. The van der Waals surface area contributed by atoms with Crippen LogP contribution in [0.5, 0.6) is 0 Å². The summed E-state index contributed by atoms with van der Waals surface area (Å²) in [6.45, 7) is 4.22. The number of rotatable bonds is 4. The van der Waals surface area contributed by atoms with Crippen LogP contribution in [0.2, 0.25) is 0 Å². The minimum absolute atomic E-state index is 0.0236. The summed E-state index contributed by atoms with van der Waals surface area (Å²) in [5.41, 5.74) is 2.37. The fourth-order valence-electron chi connectivity index (χ4n) is 3.30. The van der Waals surface area contributed by atoms with E-state index in [-0.39, 0.29) is 5.91 Å². The van der Waals surface area contributed by atoms with Crippen LogP contribution in [0.4, 0.5) is 0 Å². The van der Waals surface area contributed by atoms with Crippen LogP contribution >= 0.6 is 0 Å². The van der Waals surface area contributed by atoms with Gasteiger partial charge in [0.25, 0.3) is 5.91 Å². The molecule has 1 amide bonds. The van der Waals surface area contributed by atoms with E-state index in [0.717, 1.165) is 43.9 Å². The van der Waals surface area contributed by atoms with E-state index >= 15 is 0 Å². The second-order valence-electron chi connectivity index (χ2n) is 6.94. The van der Waals surface area contributed by atoms with Crippen molar-refractivity contribution in [2.75, 3.05) is 13.1 Å². The Labute approximate surface area is 141 Å². The first-order valence-corrected chi connectivity index (χ1v) is 8.67. The zero-order chi connectivity index (χ0) is 16.5. The van der Waals surface area contributed by atoms with E-state index in [2.05, 4.69) is 26.5 Å². The third kappa shape index (κ3) is 3.29. The van der Waals surface area contributed by atoms with Gasteiger partial charge in [-0.1, -0.05) is 5.21 Å². The second-order valence-corrected chi connectivity index (χ2v) is 6.94. The number of nitrogens with zero attached hydrogens (tertiary/aromatic N) is 6. The van der Waals surface area contributed by atoms with Gasteiger partial charge in [-0.15, -0.1) is 5.10 Å². The molecule has 24 heavy (non-hydrogen) atoms. The molecule has 1 saturated heterocycles. The number of hydrogen-bond acceptors (Lipinski definition) is 5. The number of amides is 1. The van der Waals surface area contributed by atoms with Crippen molar-refractivity contribution in [2.24, 2.45) is 5.92 Å². The van der Waals surface area contributed by atoms with E-state index in [9.17, 15) is 4.79 Å². The van der Waals surface area contributed by atoms with Gasteiger partial charge in [0.15, 0.2) is 0 Å². The van der Waals surface area contributed by atoms with Gasteiger partial charge in [0, 0.05) is 37.9 Å². The lowest BCUT2D eigenvalue weighted by atomic mass is 9.98. The average molecular weight is 326 g/mol. The maximum atomic E-state index is 12.6. The van der Waals surface area contributed by atoms with Crippen molar-refractivity contribution < 1.29 is 4.79 Å². The normalized spacial score (nSPS) is 21.0. The van der Waals surface area contributed by atoms with Crippen LogP contribution in [-0.4, -0.2) is 48.9 Å². The van der Waals surface area contributed by atoms with Crippen molar-refractivity contribution in [2.45, 2.75) is 45.1 Å². The molecule has 3 heterocycles. The minimum atomic E-state index is -0.0236. The van der Waals surface area contributed by atoms with Crippen molar-refractivity contribution in [1.82, 2.24) is 29.9 Å². The van der Waals surface area contributed by atoms with Crippen LogP contribution in [0.15, 0.2) is 18.6 Å². The summed E-state index contributed by atoms with van der Waals surface area (Å²) in [5, 5.41) is 8.52. The molecule has 2 aromatic rings. The Morgan fingerprint density at radius 3 is 2.88 bits per heavy atom. The Balaban J connectivity index is 1.39. The first-order valence-electron chi connectivity index (χ1n) is 8.67. The molecule has 126 valence electrons. The molecule has 0 bridgehead atoms. The van der Waals surface area contributed by atoms with Gasteiger partial charge in [0.1, 0.15) is 5.69 Å². The minimum Gasteiger partial charge on any atom is -0.337 e. The molecule has 2 aromatic heterocycles. The summed E-state index contributed by atoms with van der Waals surface area (Å²) in [6, 6.07) is 0. The number of carbonyl (C=O) groups is 1. The summed E-state index contributed by atoms with van der Waals surface area (Å²) < 4.78 is 1.94. The summed E-state index contributed by atoms with van der Waals surface area (Å²) in [6.07, 6.45) is 9.89. The Bertz CT molecular complexity index is 721. The van der Waals surface area contributed by atoms with E-state index in [1.54, 1.807) is 12.4 Å². The molecule has 1 saturated carbocycles. The van der Waals surface area contributed by atoms with Crippen molar-refractivity contribution in [3.8, 4) is 0 Å².